The van der Waals surface area contributed by atoms with Crippen LogP contribution in [0.2, 0.25) is 5.02 Å². The minimum absolute atomic E-state index is 0.0316. The highest BCUT2D eigenvalue weighted by atomic mass is 35.5. The van der Waals surface area contributed by atoms with E-state index in [1.165, 1.54) is 0 Å². The second kappa shape index (κ2) is 5.26. The molecule has 4 nitrogen and oxygen atoms in total. The van der Waals surface area contributed by atoms with Crippen LogP contribution in [0.15, 0.2) is 66.0 Å². The second-order valence-corrected chi connectivity index (χ2v) is 6.55. The van der Waals surface area contributed by atoms with Crippen molar-refractivity contribution in [3.63, 3.8) is 0 Å². The predicted molar refractivity (Wildman–Crippen MR) is 99.7 cm³/mol. The van der Waals surface area contributed by atoms with Gasteiger partial charge in [-0.05, 0) is 35.9 Å². The summed E-state index contributed by atoms with van der Waals surface area (Å²) >= 11 is 6.18. The van der Waals surface area contributed by atoms with Crippen molar-refractivity contribution in [3.05, 3.63) is 87.6 Å². The normalized spacial score (nSPS) is 11.7. The molecular weight excluding hydrogens is 334 g/mol. The van der Waals surface area contributed by atoms with Gasteiger partial charge in [-0.25, -0.2) is 0 Å². The summed E-state index contributed by atoms with van der Waals surface area (Å²) in [5.41, 5.74) is 4.02. The molecule has 0 unspecified atom stereocenters. The largest absolute Gasteiger partial charge is 0.313 e. The first-order valence-corrected chi connectivity index (χ1v) is 8.32. The van der Waals surface area contributed by atoms with Crippen LogP contribution < -0.4 is 5.43 Å². The SMILES string of the molecule is O=c1c(Cc2cccnc2)cn2c3ccc(Cl)cc3c3ccnc1c32. The number of benzene rings is 1. The number of aromatic nitrogens is 3. The average molecular weight is 346 g/mol. The maximum Gasteiger partial charge on any atom is 0.211 e. The van der Waals surface area contributed by atoms with Crippen LogP contribution in [0, 0.1) is 0 Å². The van der Waals surface area contributed by atoms with Gasteiger partial charge in [0, 0.05) is 52.6 Å². The maximum absolute atomic E-state index is 13.0. The zero-order chi connectivity index (χ0) is 17.0. The molecule has 5 aromatic rings. The summed E-state index contributed by atoms with van der Waals surface area (Å²) in [4.78, 5) is 21.5. The van der Waals surface area contributed by atoms with Gasteiger partial charge in [-0.1, -0.05) is 17.7 Å². The van der Waals surface area contributed by atoms with E-state index in [2.05, 4.69) is 14.4 Å². The molecule has 0 fully saturated rings. The van der Waals surface area contributed by atoms with E-state index < -0.39 is 0 Å². The number of hydrogen-bond donors (Lipinski definition) is 0. The molecule has 0 aliphatic rings. The Balaban J connectivity index is 1.89. The highest BCUT2D eigenvalue weighted by Crippen LogP contribution is 2.31. The fraction of sp³-hybridized carbons (Fsp3) is 0.0500. The zero-order valence-corrected chi connectivity index (χ0v) is 13.9. The molecule has 5 heteroatoms. The first-order valence-electron chi connectivity index (χ1n) is 7.95. The van der Waals surface area contributed by atoms with Gasteiger partial charge >= 0.3 is 0 Å². The lowest BCUT2D eigenvalue weighted by atomic mass is 10.1. The molecule has 5 rings (SSSR count). The molecule has 0 spiro atoms. The van der Waals surface area contributed by atoms with Gasteiger partial charge in [0.1, 0.15) is 5.52 Å². The highest BCUT2D eigenvalue weighted by Gasteiger charge is 2.16. The minimum Gasteiger partial charge on any atom is -0.313 e. The smallest absolute Gasteiger partial charge is 0.211 e. The van der Waals surface area contributed by atoms with Crippen molar-refractivity contribution in [2.75, 3.05) is 0 Å². The molecule has 0 atom stereocenters. The van der Waals surface area contributed by atoms with E-state index in [-0.39, 0.29) is 5.43 Å². The minimum atomic E-state index is -0.0316. The summed E-state index contributed by atoms with van der Waals surface area (Å²) in [5, 5.41) is 2.69. The van der Waals surface area contributed by atoms with Crippen LogP contribution in [-0.4, -0.2) is 14.4 Å². The number of rotatable bonds is 2. The van der Waals surface area contributed by atoms with Crippen LogP contribution in [0.3, 0.4) is 0 Å². The molecule has 120 valence electrons. The molecule has 0 radical (unpaired) electrons. The van der Waals surface area contributed by atoms with Gasteiger partial charge in [0.25, 0.3) is 0 Å². The summed E-state index contributed by atoms with van der Waals surface area (Å²) in [6, 6.07) is 11.6. The molecule has 0 N–H and O–H groups in total. The second-order valence-electron chi connectivity index (χ2n) is 6.11. The van der Waals surface area contributed by atoms with E-state index >= 15 is 0 Å². The van der Waals surface area contributed by atoms with Gasteiger partial charge in [0.2, 0.25) is 5.43 Å². The zero-order valence-electron chi connectivity index (χ0n) is 13.1. The molecule has 0 saturated carbocycles. The molecule has 0 aliphatic carbocycles. The van der Waals surface area contributed by atoms with Crippen LogP contribution in [0.1, 0.15) is 11.1 Å². The van der Waals surface area contributed by atoms with E-state index in [1.54, 1.807) is 18.6 Å². The van der Waals surface area contributed by atoms with E-state index in [9.17, 15) is 4.79 Å². The fourth-order valence-electron chi connectivity index (χ4n) is 3.49. The van der Waals surface area contributed by atoms with Gasteiger partial charge in [0.15, 0.2) is 0 Å². The van der Waals surface area contributed by atoms with Crippen LogP contribution >= 0.6 is 11.6 Å². The van der Waals surface area contributed by atoms with E-state index in [1.807, 2.05) is 42.6 Å². The van der Waals surface area contributed by atoms with Gasteiger partial charge in [-0.3, -0.25) is 14.8 Å². The van der Waals surface area contributed by atoms with Gasteiger partial charge in [-0.15, -0.1) is 0 Å². The van der Waals surface area contributed by atoms with Crippen molar-refractivity contribution in [1.82, 2.24) is 14.4 Å². The molecule has 1 aromatic carbocycles. The van der Waals surface area contributed by atoms with Crippen LogP contribution in [0.5, 0.6) is 0 Å². The van der Waals surface area contributed by atoms with Crippen molar-refractivity contribution < 1.29 is 0 Å². The first kappa shape index (κ1) is 14.4. The lowest BCUT2D eigenvalue weighted by molar-refractivity contribution is 1.09. The van der Waals surface area contributed by atoms with Gasteiger partial charge in [0.05, 0.1) is 11.0 Å². The number of hydrogen-bond acceptors (Lipinski definition) is 3. The Morgan fingerprint density at radius 3 is 2.84 bits per heavy atom. The average Bonchev–Trinajstić information content (AvgIpc) is 2.94. The Morgan fingerprint density at radius 1 is 1.08 bits per heavy atom. The van der Waals surface area contributed by atoms with Crippen molar-refractivity contribution in [1.29, 1.82) is 0 Å². The third-order valence-corrected chi connectivity index (χ3v) is 4.82. The number of fused-ring (bicyclic) bond motifs is 3. The van der Waals surface area contributed by atoms with Crippen LogP contribution in [-0.2, 0) is 6.42 Å². The van der Waals surface area contributed by atoms with E-state index in [0.29, 0.717) is 22.5 Å². The molecule has 4 aromatic heterocycles. The summed E-state index contributed by atoms with van der Waals surface area (Å²) in [5.74, 6) is 0. The third kappa shape index (κ3) is 2.11. The monoisotopic (exact) mass is 345 g/mol. The van der Waals surface area contributed by atoms with Crippen molar-refractivity contribution in [2.45, 2.75) is 6.42 Å². The third-order valence-electron chi connectivity index (χ3n) is 4.58. The highest BCUT2D eigenvalue weighted by molar-refractivity contribution is 6.32. The van der Waals surface area contributed by atoms with Crippen molar-refractivity contribution >= 4 is 38.9 Å². The summed E-state index contributed by atoms with van der Waals surface area (Å²) in [6.45, 7) is 0. The Bertz CT molecular complexity index is 1300. The molecule has 25 heavy (non-hydrogen) atoms. The van der Waals surface area contributed by atoms with Gasteiger partial charge in [-0.2, -0.15) is 0 Å². The van der Waals surface area contributed by atoms with Crippen LogP contribution in [0.4, 0.5) is 0 Å². The number of halogens is 1. The Hall–Kier alpha value is -2.98. The first-order chi connectivity index (χ1) is 12.2. The standard InChI is InChI=1S/C20H12ClN3O/c21-14-3-4-17-16(9-14)15-5-7-23-18-19(15)24(17)11-13(20(18)25)8-12-2-1-6-22-10-12/h1-7,9-11H,8H2. The quantitative estimate of drug-likeness (QED) is 0.484. The molecule has 0 saturated heterocycles. The van der Waals surface area contributed by atoms with E-state index in [4.69, 9.17) is 11.6 Å². The van der Waals surface area contributed by atoms with Gasteiger partial charge < -0.3 is 4.40 Å². The number of nitrogens with zero attached hydrogens (tertiary/aromatic N) is 3. The predicted octanol–water partition coefficient (Wildman–Crippen LogP) is 4.08. The number of pyridine rings is 3. The summed E-state index contributed by atoms with van der Waals surface area (Å²) in [6.07, 6.45) is 7.64. The fourth-order valence-corrected chi connectivity index (χ4v) is 3.66. The van der Waals surface area contributed by atoms with Crippen molar-refractivity contribution in [2.24, 2.45) is 0 Å². The lowest BCUT2D eigenvalue weighted by Gasteiger charge is -2.05. The van der Waals surface area contributed by atoms with Crippen molar-refractivity contribution in [3.8, 4) is 0 Å². The summed E-state index contributed by atoms with van der Waals surface area (Å²) < 4.78 is 2.05. The summed E-state index contributed by atoms with van der Waals surface area (Å²) in [7, 11) is 0. The van der Waals surface area contributed by atoms with Crippen LogP contribution in [0.25, 0.3) is 27.3 Å². The molecule has 4 heterocycles. The molecular formula is C20H12ClN3O. The molecule has 0 aliphatic heterocycles. The Labute approximate surface area is 147 Å². The Kier molecular flexibility index (Phi) is 3.02. The molecule has 0 bridgehead atoms. The maximum atomic E-state index is 13.0. The van der Waals surface area contributed by atoms with E-state index in [0.717, 1.165) is 27.4 Å². The lowest BCUT2D eigenvalue weighted by Crippen LogP contribution is -2.13. The Morgan fingerprint density at radius 2 is 2.00 bits per heavy atom. The topological polar surface area (TPSA) is 47.3 Å². The molecule has 0 amide bonds.